The van der Waals surface area contributed by atoms with E-state index in [1.165, 1.54) is 0 Å². The van der Waals surface area contributed by atoms with Gasteiger partial charge in [-0.3, -0.25) is 4.79 Å². The predicted octanol–water partition coefficient (Wildman–Crippen LogP) is 2.35. The first kappa shape index (κ1) is 12.1. The fourth-order valence-electron chi connectivity index (χ4n) is 1.36. The first-order valence-corrected chi connectivity index (χ1v) is 5.63. The molecule has 1 aromatic rings. The Morgan fingerprint density at radius 2 is 2.47 bits per heavy atom. The van der Waals surface area contributed by atoms with Crippen molar-refractivity contribution in [2.24, 2.45) is 0 Å². The molecule has 1 N–H and O–H groups in total. The lowest BCUT2D eigenvalue weighted by Crippen LogP contribution is -2.33. The number of hydrogen-bond donors (Lipinski definition) is 1. The van der Waals surface area contributed by atoms with Crippen LogP contribution in [0, 0.1) is 0 Å². The molecule has 1 atom stereocenters. The van der Waals surface area contributed by atoms with E-state index >= 15 is 0 Å². The van der Waals surface area contributed by atoms with Crippen molar-refractivity contribution in [3.05, 3.63) is 24.2 Å². The molecule has 0 bridgehead atoms. The molecular weight excluding hydrogens is 214 g/mol. The predicted molar refractivity (Wildman–Crippen MR) is 60.0 cm³/mol. The zero-order valence-electron chi connectivity index (χ0n) is 8.83. The van der Waals surface area contributed by atoms with Gasteiger partial charge in [-0.15, -0.1) is 11.6 Å². The Bertz CT molecular complexity index is 285. The molecule has 0 aliphatic rings. The van der Waals surface area contributed by atoms with Crippen molar-refractivity contribution in [3.8, 4) is 0 Å². The molecular formula is C11H16ClNO2. The van der Waals surface area contributed by atoms with Gasteiger partial charge in [0.15, 0.2) is 0 Å². The molecule has 0 radical (unpaired) electrons. The second-order valence-electron chi connectivity index (χ2n) is 3.54. The van der Waals surface area contributed by atoms with Gasteiger partial charge >= 0.3 is 0 Å². The van der Waals surface area contributed by atoms with Crippen molar-refractivity contribution in [1.82, 2.24) is 5.32 Å². The van der Waals surface area contributed by atoms with Crippen LogP contribution in [0.4, 0.5) is 0 Å². The van der Waals surface area contributed by atoms with E-state index in [1.807, 2.05) is 19.1 Å². The summed E-state index contributed by atoms with van der Waals surface area (Å²) in [7, 11) is 0. The maximum absolute atomic E-state index is 11.3. The first-order valence-electron chi connectivity index (χ1n) is 5.10. The van der Waals surface area contributed by atoms with Crippen molar-refractivity contribution >= 4 is 17.5 Å². The Morgan fingerprint density at radius 3 is 3.07 bits per heavy atom. The van der Waals surface area contributed by atoms with Gasteiger partial charge in [0, 0.05) is 24.8 Å². The summed E-state index contributed by atoms with van der Waals surface area (Å²) >= 11 is 5.50. The van der Waals surface area contributed by atoms with Gasteiger partial charge in [-0.05, 0) is 25.5 Å². The molecule has 84 valence electrons. The Balaban J connectivity index is 2.23. The summed E-state index contributed by atoms with van der Waals surface area (Å²) in [5.41, 5.74) is 0. The molecule has 3 nitrogen and oxygen atoms in total. The zero-order valence-corrected chi connectivity index (χ0v) is 9.59. The lowest BCUT2D eigenvalue weighted by molar-refractivity contribution is -0.121. The third kappa shape index (κ3) is 4.88. The first-order chi connectivity index (χ1) is 7.22. The molecule has 0 aliphatic heterocycles. The molecule has 1 aromatic heterocycles. The van der Waals surface area contributed by atoms with E-state index in [1.54, 1.807) is 6.26 Å². The van der Waals surface area contributed by atoms with Gasteiger partial charge in [0.2, 0.25) is 5.91 Å². The molecule has 0 saturated carbocycles. The van der Waals surface area contributed by atoms with Gasteiger partial charge in [-0.1, -0.05) is 0 Å². The average Bonchev–Trinajstić information content (AvgIpc) is 2.67. The smallest absolute Gasteiger partial charge is 0.220 e. The van der Waals surface area contributed by atoms with Crippen LogP contribution < -0.4 is 5.32 Å². The van der Waals surface area contributed by atoms with E-state index in [4.69, 9.17) is 16.0 Å². The van der Waals surface area contributed by atoms with Crippen LogP contribution in [0.5, 0.6) is 0 Å². The molecule has 1 unspecified atom stereocenters. The highest BCUT2D eigenvalue weighted by atomic mass is 35.5. The number of furan rings is 1. The number of halogens is 1. The molecule has 0 spiro atoms. The van der Waals surface area contributed by atoms with E-state index in [0.29, 0.717) is 12.3 Å². The van der Waals surface area contributed by atoms with E-state index in [2.05, 4.69) is 5.32 Å². The van der Waals surface area contributed by atoms with E-state index in [-0.39, 0.29) is 11.9 Å². The van der Waals surface area contributed by atoms with Crippen LogP contribution in [-0.4, -0.2) is 17.8 Å². The minimum Gasteiger partial charge on any atom is -0.469 e. The lowest BCUT2D eigenvalue weighted by atomic mass is 10.2. The van der Waals surface area contributed by atoms with Crippen LogP contribution in [0.2, 0.25) is 0 Å². The summed E-state index contributed by atoms with van der Waals surface area (Å²) in [4.78, 5) is 11.3. The quantitative estimate of drug-likeness (QED) is 0.761. The van der Waals surface area contributed by atoms with Crippen molar-refractivity contribution in [2.75, 3.05) is 5.88 Å². The van der Waals surface area contributed by atoms with Gasteiger partial charge in [0.25, 0.3) is 0 Å². The van der Waals surface area contributed by atoms with Crippen molar-refractivity contribution in [3.63, 3.8) is 0 Å². The Kier molecular flexibility index (Phi) is 5.26. The summed E-state index contributed by atoms with van der Waals surface area (Å²) in [5.74, 6) is 1.47. The number of nitrogens with one attached hydrogen (secondary N) is 1. The normalized spacial score (nSPS) is 12.4. The molecule has 1 rings (SSSR count). The number of amides is 1. The Morgan fingerprint density at radius 1 is 1.67 bits per heavy atom. The molecule has 15 heavy (non-hydrogen) atoms. The summed E-state index contributed by atoms with van der Waals surface area (Å²) in [5, 5.41) is 2.90. The van der Waals surface area contributed by atoms with Crippen LogP contribution >= 0.6 is 11.6 Å². The minimum atomic E-state index is 0.0507. The summed E-state index contributed by atoms with van der Waals surface area (Å²) < 4.78 is 5.19. The summed E-state index contributed by atoms with van der Waals surface area (Å²) in [6.45, 7) is 1.96. The summed E-state index contributed by atoms with van der Waals surface area (Å²) in [6, 6.07) is 3.85. The van der Waals surface area contributed by atoms with Crippen molar-refractivity contribution in [2.45, 2.75) is 32.2 Å². The van der Waals surface area contributed by atoms with Crippen molar-refractivity contribution < 1.29 is 9.21 Å². The average molecular weight is 230 g/mol. The van der Waals surface area contributed by atoms with Crippen molar-refractivity contribution in [1.29, 1.82) is 0 Å². The number of carbonyl (C=O) groups is 1. The fourth-order valence-corrected chi connectivity index (χ4v) is 1.49. The maximum Gasteiger partial charge on any atom is 0.220 e. The standard InChI is InChI=1S/C11H16ClNO2/c1-9(8-10-4-3-7-15-10)13-11(14)5-2-6-12/h3-4,7,9H,2,5-6,8H2,1H3,(H,13,14). The SMILES string of the molecule is CC(Cc1ccco1)NC(=O)CCCCl. The van der Waals surface area contributed by atoms with Gasteiger partial charge in [0.1, 0.15) is 5.76 Å². The van der Waals surface area contributed by atoms with Gasteiger partial charge < -0.3 is 9.73 Å². The molecule has 0 aromatic carbocycles. The van der Waals surface area contributed by atoms with E-state index < -0.39 is 0 Å². The highest BCUT2D eigenvalue weighted by Crippen LogP contribution is 2.04. The highest BCUT2D eigenvalue weighted by Gasteiger charge is 2.08. The van der Waals surface area contributed by atoms with Crippen LogP contribution in [0.25, 0.3) is 0 Å². The lowest BCUT2D eigenvalue weighted by Gasteiger charge is -2.11. The monoisotopic (exact) mass is 229 g/mol. The van der Waals surface area contributed by atoms with Gasteiger partial charge in [0.05, 0.1) is 6.26 Å². The molecule has 0 fully saturated rings. The second-order valence-corrected chi connectivity index (χ2v) is 3.92. The minimum absolute atomic E-state index is 0.0507. The molecule has 1 amide bonds. The number of carbonyl (C=O) groups excluding carboxylic acids is 1. The fraction of sp³-hybridized carbons (Fsp3) is 0.545. The third-order valence-electron chi connectivity index (χ3n) is 2.03. The van der Waals surface area contributed by atoms with Gasteiger partial charge in [-0.2, -0.15) is 0 Å². The maximum atomic E-state index is 11.3. The second kappa shape index (κ2) is 6.51. The number of hydrogen-bond acceptors (Lipinski definition) is 2. The van der Waals surface area contributed by atoms with Crippen LogP contribution in [0.3, 0.4) is 0 Å². The largest absolute Gasteiger partial charge is 0.469 e. The topological polar surface area (TPSA) is 42.2 Å². The van der Waals surface area contributed by atoms with Gasteiger partial charge in [-0.25, -0.2) is 0 Å². The molecule has 4 heteroatoms. The molecule has 1 heterocycles. The third-order valence-corrected chi connectivity index (χ3v) is 2.30. The molecule has 0 aliphatic carbocycles. The molecule has 0 saturated heterocycles. The summed E-state index contributed by atoms with van der Waals surface area (Å²) in [6.07, 6.45) is 3.57. The van der Waals surface area contributed by atoms with Crippen LogP contribution in [-0.2, 0) is 11.2 Å². The van der Waals surface area contributed by atoms with E-state index in [0.717, 1.165) is 18.6 Å². The Hall–Kier alpha value is -0.960. The van der Waals surface area contributed by atoms with E-state index in [9.17, 15) is 4.79 Å². The van der Waals surface area contributed by atoms with Crippen LogP contribution in [0.1, 0.15) is 25.5 Å². The highest BCUT2D eigenvalue weighted by molar-refractivity contribution is 6.17. The zero-order chi connectivity index (χ0) is 11.1. The number of alkyl halides is 1. The number of rotatable bonds is 6. The Labute approximate surface area is 94.8 Å². The van der Waals surface area contributed by atoms with Crippen LogP contribution in [0.15, 0.2) is 22.8 Å².